The van der Waals surface area contributed by atoms with Gasteiger partial charge >= 0.3 is 5.97 Å². The zero-order valence-corrected chi connectivity index (χ0v) is 9.35. The monoisotopic (exact) mass is 224 g/mol. The van der Waals surface area contributed by atoms with E-state index in [1.165, 1.54) is 0 Å². The van der Waals surface area contributed by atoms with Gasteiger partial charge in [-0.15, -0.1) is 0 Å². The lowest BCUT2D eigenvalue weighted by molar-refractivity contribution is -0.166. The Kier molecular flexibility index (Phi) is 3.41. The highest BCUT2D eigenvalue weighted by Crippen LogP contribution is 2.26. The number of carbonyl (C=O) groups is 1. The molecule has 1 heterocycles. The second-order valence-electron chi connectivity index (χ2n) is 3.87. The van der Waals surface area contributed by atoms with Crippen LogP contribution in [0.15, 0.2) is 24.3 Å². The molecule has 0 radical (unpaired) electrons. The predicted octanol–water partition coefficient (Wildman–Crippen LogP) is 1.22. The molecule has 0 aromatic heterocycles. The van der Waals surface area contributed by atoms with Crippen molar-refractivity contribution in [1.82, 2.24) is 0 Å². The number of carbonyl (C=O) groups excluding carboxylic acids is 1. The van der Waals surface area contributed by atoms with Gasteiger partial charge in [0.05, 0.1) is 19.8 Å². The molecule has 4 heteroatoms. The fourth-order valence-electron chi connectivity index (χ4n) is 1.58. The Bertz CT molecular complexity index is 317. The van der Waals surface area contributed by atoms with Crippen LogP contribution in [0.2, 0.25) is 0 Å². The number of esters is 1. The number of hydrogen-bond donors (Lipinski definition) is 0. The molecule has 2 aliphatic rings. The van der Waals surface area contributed by atoms with Crippen LogP contribution in [0.4, 0.5) is 0 Å². The van der Waals surface area contributed by atoms with Gasteiger partial charge in [-0.1, -0.05) is 18.2 Å². The zero-order chi connectivity index (χ0) is 11.4. The van der Waals surface area contributed by atoms with E-state index >= 15 is 0 Å². The van der Waals surface area contributed by atoms with E-state index in [1.807, 2.05) is 18.2 Å². The van der Waals surface area contributed by atoms with Crippen LogP contribution in [0.5, 0.6) is 0 Å². The van der Waals surface area contributed by atoms with Crippen LogP contribution < -0.4 is 0 Å². The van der Waals surface area contributed by atoms with Crippen LogP contribution in [0.3, 0.4) is 0 Å². The maximum atomic E-state index is 11.9. The lowest BCUT2D eigenvalue weighted by atomic mass is 9.95. The standard InChI is InChI=1S/C12H16O4/c1-2-14-11(13)12(6-4-3-5-7-12)16-9-10-8-15-10/h3-6,10H,2,7-9H2,1H3. The molecule has 0 saturated carbocycles. The quantitative estimate of drug-likeness (QED) is 0.520. The molecule has 4 nitrogen and oxygen atoms in total. The average Bonchev–Trinajstić information content (AvgIpc) is 3.12. The maximum absolute atomic E-state index is 11.9. The molecule has 1 aliphatic carbocycles. The highest BCUT2D eigenvalue weighted by Gasteiger charge is 2.40. The summed E-state index contributed by atoms with van der Waals surface area (Å²) >= 11 is 0. The minimum Gasteiger partial charge on any atom is -0.464 e. The Balaban J connectivity index is 2.01. The minimum atomic E-state index is -0.948. The van der Waals surface area contributed by atoms with E-state index < -0.39 is 5.60 Å². The first-order valence-electron chi connectivity index (χ1n) is 5.54. The van der Waals surface area contributed by atoms with E-state index in [2.05, 4.69) is 0 Å². The second kappa shape index (κ2) is 4.80. The van der Waals surface area contributed by atoms with Crippen molar-refractivity contribution in [1.29, 1.82) is 0 Å². The Morgan fingerprint density at radius 3 is 2.94 bits per heavy atom. The van der Waals surface area contributed by atoms with E-state index in [4.69, 9.17) is 14.2 Å². The van der Waals surface area contributed by atoms with Crippen LogP contribution >= 0.6 is 0 Å². The molecule has 2 rings (SSSR count). The summed E-state index contributed by atoms with van der Waals surface area (Å²) in [6.07, 6.45) is 8.04. The summed E-state index contributed by atoms with van der Waals surface area (Å²) in [6, 6.07) is 0. The Hall–Kier alpha value is -1.13. The molecular formula is C12H16O4. The van der Waals surface area contributed by atoms with Crippen LogP contribution in [0, 0.1) is 0 Å². The van der Waals surface area contributed by atoms with Crippen molar-refractivity contribution in [3.05, 3.63) is 24.3 Å². The number of ether oxygens (including phenoxy) is 3. The van der Waals surface area contributed by atoms with Gasteiger partial charge in [0.15, 0.2) is 5.60 Å². The summed E-state index contributed by atoms with van der Waals surface area (Å²) < 4.78 is 15.8. The predicted molar refractivity (Wildman–Crippen MR) is 58.0 cm³/mol. The molecule has 0 aromatic rings. The van der Waals surface area contributed by atoms with Crippen molar-refractivity contribution in [2.45, 2.75) is 25.0 Å². The third kappa shape index (κ3) is 2.51. The number of rotatable bonds is 5. The lowest BCUT2D eigenvalue weighted by Crippen LogP contribution is -2.42. The van der Waals surface area contributed by atoms with Gasteiger partial charge in [0.1, 0.15) is 6.10 Å². The Morgan fingerprint density at radius 2 is 2.38 bits per heavy atom. The number of allylic oxidation sites excluding steroid dienone is 2. The minimum absolute atomic E-state index is 0.144. The zero-order valence-electron chi connectivity index (χ0n) is 9.35. The van der Waals surface area contributed by atoms with E-state index in [1.54, 1.807) is 13.0 Å². The van der Waals surface area contributed by atoms with Crippen LogP contribution in [0.25, 0.3) is 0 Å². The molecule has 0 aromatic carbocycles. The summed E-state index contributed by atoms with van der Waals surface area (Å²) in [5, 5.41) is 0. The lowest BCUT2D eigenvalue weighted by Gasteiger charge is -2.28. The van der Waals surface area contributed by atoms with Gasteiger partial charge in [-0.2, -0.15) is 0 Å². The highest BCUT2D eigenvalue weighted by molar-refractivity contribution is 5.83. The summed E-state index contributed by atoms with van der Waals surface area (Å²) in [5.41, 5.74) is -0.948. The van der Waals surface area contributed by atoms with Gasteiger partial charge in [-0.3, -0.25) is 0 Å². The summed E-state index contributed by atoms with van der Waals surface area (Å²) in [4.78, 5) is 11.9. The van der Waals surface area contributed by atoms with Gasteiger partial charge in [0.25, 0.3) is 0 Å². The number of epoxide rings is 1. The van der Waals surface area contributed by atoms with E-state index in [0.717, 1.165) is 6.61 Å². The first kappa shape index (κ1) is 11.4. The second-order valence-corrected chi connectivity index (χ2v) is 3.87. The smallest absolute Gasteiger partial charge is 0.342 e. The van der Waals surface area contributed by atoms with Crippen LogP contribution in [0.1, 0.15) is 13.3 Å². The maximum Gasteiger partial charge on any atom is 0.342 e. The summed E-state index contributed by atoms with van der Waals surface area (Å²) in [5.74, 6) is -0.323. The first-order chi connectivity index (χ1) is 7.77. The molecule has 16 heavy (non-hydrogen) atoms. The molecule has 0 amide bonds. The normalized spacial score (nSPS) is 31.4. The molecule has 1 saturated heterocycles. The Morgan fingerprint density at radius 1 is 1.56 bits per heavy atom. The van der Waals surface area contributed by atoms with Crippen molar-refractivity contribution in [3.8, 4) is 0 Å². The summed E-state index contributed by atoms with van der Waals surface area (Å²) in [7, 11) is 0. The van der Waals surface area contributed by atoms with Gasteiger partial charge in [-0.05, 0) is 13.0 Å². The molecule has 0 N–H and O–H groups in total. The fraction of sp³-hybridized carbons (Fsp3) is 0.583. The molecule has 2 unspecified atom stereocenters. The fourth-order valence-corrected chi connectivity index (χ4v) is 1.58. The molecular weight excluding hydrogens is 208 g/mol. The molecule has 1 aliphatic heterocycles. The van der Waals surface area contributed by atoms with E-state index in [0.29, 0.717) is 19.6 Å². The summed E-state index contributed by atoms with van der Waals surface area (Å²) in [6.45, 7) is 3.31. The molecule has 88 valence electrons. The van der Waals surface area contributed by atoms with Crippen molar-refractivity contribution in [3.63, 3.8) is 0 Å². The largest absolute Gasteiger partial charge is 0.464 e. The van der Waals surface area contributed by atoms with Crippen molar-refractivity contribution in [2.75, 3.05) is 19.8 Å². The van der Waals surface area contributed by atoms with Crippen molar-refractivity contribution >= 4 is 5.97 Å². The molecule has 2 atom stereocenters. The highest BCUT2D eigenvalue weighted by atomic mass is 16.6. The van der Waals surface area contributed by atoms with Crippen molar-refractivity contribution in [2.24, 2.45) is 0 Å². The van der Waals surface area contributed by atoms with Gasteiger partial charge in [0.2, 0.25) is 0 Å². The van der Waals surface area contributed by atoms with Gasteiger partial charge in [0, 0.05) is 6.42 Å². The Labute approximate surface area is 94.9 Å². The molecule has 1 fully saturated rings. The van der Waals surface area contributed by atoms with Gasteiger partial charge < -0.3 is 14.2 Å². The third-order valence-corrected chi connectivity index (χ3v) is 2.58. The topological polar surface area (TPSA) is 48.1 Å². The van der Waals surface area contributed by atoms with Crippen LogP contribution in [-0.4, -0.2) is 37.5 Å². The molecule has 0 bridgehead atoms. The van der Waals surface area contributed by atoms with E-state index in [-0.39, 0.29) is 12.1 Å². The number of hydrogen-bond acceptors (Lipinski definition) is 4. The SMILES string of the molecule is CCOC(=O)C1(OCC2CO2)C=CC=CC1. The first-order valence-corrected chi connectivity index (χ1v) is 5.54. The van der Waals surface area contributed by atoms with Gasteiger partial charge in [-0.25, -0.2) is 4.79 Å². The van der Waals surface area contributed by atoms with Crippen molar-refractivity contribution < 1.29 is 19.0 Å². The average molecular weight is 224 g/mol. The van der Waals surface area contributed by atoms with E-state index in [9.17, 15) is 4.79 Å². The van der Waals surface area contributed by atoms with Crippen LogP contribution in [-0.2, 0) is 19.0 Å². The molecule has 0 spiro atoms. The third-order valence-electron chi connectivity index (χ3n) is 2.58.